The van der Waals surface area contributed by atoms with Gasteiger partial charge in [0.2, 0.25) is 0 Å². The summed E-state index contributed by atoms with van der Waals surface area (Å²) >= 11 is 0. The zero-order valence-electron chi connectivity index (χ0n) is 9.90. The molecule has 4 nitrogen and oxygen atoms in total. The summed E-state index contributed by atoms with van der Waals surface area (Å²) in [6, 6.07) is 11.1. The van der Waals surface area contributed by atoms with Gasteiger partial charge in [-0.15, -0.1) is 0 Å². The first kappa shape index (κ1) is 11.3. The third-order valence-electron chi connectivity index (χ3n) is 2.67. The van der Waals surface area contributed by atoms with Gasteiger partial charge in [-0.25, -0.2) is 0 Å². The van der Waals surface area contributed by atoms with E-state index in [0.29, 0.717) is 5.56 Å². The standard InChI is InChI=1S/C13H15N3O/c1-14-11-7-5-10(6-8-11)13(17)16(2)12-4-3-9-15-12/h3-9,14-15H,1-2H3. The molecule has 2 aromatic rings. The molecule has 17 heavy (non-hydrogen) atoms. The summed E-state index contributed by atoms with van der Waals surface area (Å²) in [7, 11) is 3.60. The maximum atomic E-state index is 12.1. The van der Waals surface area contributed by atoms with E-state index < -0.39 is 0 Å². The van der Waals surface area contributed by atoms with Crippen LogP contribution < -0.4 is 10.2 Å². The van der Waals surface area contributed by atoms with Crippen LogP contribution in [0.5, 0.6) is 0 Å². The van der Waals surface area contributed by atoms with Crippen molar-refractivity contribution >= 4 is 17.4 Å². The minimum atomic E-state index is -0.0323. The molecule has 0 radical (unpaired) electrons. The molecule has 2 rings (SSSR count). The normalized spacial score (nSPS) is 10.0. The van der Waals surface area contributed by atoms with Gasteiger partial charge in [0, 0.05) is 31.5 Å². The van der Waals surface area contributed by atoms with Crippen LogP contribution in [0.25, 0.3) is 0 Å². The second kappa shape index (κ2) is 4.74. The van der Waals surface area contributed by atoms with Gasteiger partial charge < -0.3 is 10.3 Å². The number of aromatic nitrogens is 1. The number of anilines is 2. The summed E-state index contributed by atoms with van der Waals surface area (Å²) in [5.74, 6) is 0.753. The van der Waals surface area contributed by atoms with Gasteiger partial charge in [-0.05, 0) is 36.4 Å². The SMILES string of the molecule is CNc1ccc(C(=O)N(C)c2ccc[nH]2)cc1. The molecule has 2 N–H and O–H groups in total. The van der Waals surface area contributed by atoms with Crippen molar-refractivity contribution in [1.82, 2.24) is 4.98 Å². The van der Waals surface area contributed by atoms with Crippen LogP contribution in [0.15, 0.2) is 42.6 Å². The number of hydrogen-bond donors (Lipinski definition) is 2. The number of carbonyl (C=O) groups excluding carboxylic acids is 1. The molecular formula is C13H15N3O. The highest BCUT2D eigenvalue weighted by Crippen LogP contribution is 2.14. The Morgan fingerprint density at radius 3 is 2.47 bits per heavy atom. The molecular weight excluding hydrogens is 214 g/mol. The maximum absolute atomic E-state index is 12.1. The van der Waals surface area contributed by atoms with Crippen LogP contribution >= 0.6 is 0 Å². The zero-order chi connectivity index (χ0) is 12.3. The molecule has 1 heterocycles. The highest BCUT2D eigenvalue weighted by Gasteiger charge is 2.13. The monoisotopic (exact) mass is 229 g/mol. The number of aromatic amines is 1. The van der Waals surface area contributed by atoms with Crippen LogP contribution in [0.4, 0.5) is 11.5 Å². The lowest BCUT2D eigenvalue weighted by Gasteiger charge is -2.15. The molecule has 0 unspecified atom stereocenters. The largest absolute Gasteiger partial charge is 0.388 e. The van der Waals surface area contributed by atoms with Gasteiger partial charge in [-0.1, -0.05) is 0 Å². The summed E-state index contributed by atoms with van der Waals surface area (Å²) in [5, 5.41) is 3.02. The lowest BCUT2D eigenvalue weighted by atomic mass is 10.2. The van der Waals surface area contributed by atoms with Crippen molar-refractivity contribution in [3.05, 3.63) is 48.2 Å². The first-order valence-electron chi connectivity index (χ1n) is 5.41. The van der Waals surface area contributed by atoms with Crippen LogP contribution in [0.2, 0.25) is 0 Å². The summed E-state index contributed by atoms with van der Waals surface area (Å²) < 4.78 is 0. The predicted molar refractivity (Wildman–Crippen MR) is 69.5 cm³/mol. The molecule has 1 aromatic heterocycles. The quantitative estimate of drug-likeness (QED) is 0.848. The molecule has 0 aliphatic carbocycles. The second-order valence-corrected chi connectivity index (χ2v) is 3.75. The van der Waals surface area contributed by atoms with Crippen LogP contribution in [0.3, 0.4) is 0 Å². The molecule has 0 spiro atoms. The highest BCUT2D eigenvalue weighted by atomic mass is 16.2. The van der Waals surface area contributed by atoms with E-state index in [4.69, 9.17) is 0 Å². The van der Waals surface area contributed by atoms with Crippen LogP contribution in [-0.2, 0) is 0 Å². The zero-order valence-corrected chi connectivity index (χ0v) is 9.90. The Morgan fingerprint density at radius 2 is 1.94 bits per heavy atom. The lowest BCUT2D eigenvalue weighted by Crippen LogP contribution is -2.26. The van der Waals surface area contributed by atoms with E-state index >= 15 is 0 Å². The summed E-state index contributed by atoms with van der Waals surface area (Å²) in [5.41, 5.74) is 1.66. The third-order valence-corrected chi connectivity index (χ3v) is 2.67. The van der Waals surface area contributed by atoms with E-state index in [1.54, 1.807) is 18.1 Å². The smallest absolute Gasteiger partial charge is 0.259 e. The van der Waals surface area contributed by atoms with Crippen LogP contribution in [0, 0.1) is 0 Å². The van der Waals surface area contributed by atoms with Crippen molar-refractivity contribution in [3.63, 3.8) is 0 Å². The van der Waals surface area contributed by atoms with Crippen molar-refractivity contribution in [2.75, 3.05) is 24.3 Å². The average molecular weight is 229 g/mol. The fourth-order valence-corrected chi connectivity index (χ4v) is 1.61. The molecule has 0 saturated heterocycles. The van der Waals surface area contributed by atoms with Gasteiger partial charge in [-0.2, -0.15) is 0 Å². The molecule has 1 aromatic carbocycles. The Balaban J connectivity index is 2.19. The van der Waals surface area contributed by atoms with E-state index in [1.807, 2.05) is 43.4 Å². The Labute approximate surface area is 100 Å². The number of carbonyl (C=O) groups is 1. The molecule has 1 amide bonds. The number of rotatable bonds is 3. The van der Waals surface area contributed by atoms with Crippen molar-refractivity contribution < 1.29 is 4.79 Å². The summed E-state index contributed by atoms with van der Waals surface area (Å²) in [4.78, 5) is 16.7. The number of H-pyrrole nitrogens is 1. The summed E-state index contributed by atoms with van der Waals surface area (Å²) in [6.45, 7) is 0. The van der Waals surface area contributed by atoms with E-state index in [2.05, 4.69) is 10.3 Å². The third kappa shape index (κ3) is 2.30. The first-order valence-corrected chi connectivity index (χ1v) is 5.41. The Bertz CT molecular complexity index is 488. The second-order valence-electron chi connectivity index (χ2n) is 3.75. The molecule has 0 bridgehead atoms. The average Bonchev–Trinajstić information content (AvgIpc) is 2.91. The topological polar surface area (TPSA) is 48.1 Å². The Morgan fingerprint density at radius 1 is 1.24 bits per heavy atom. The van der Waals surface area contributed by atoms with Gasteiger partial charge in [-0.3, -0.25) is 9.69 Å². The number of benzene rings is 1. The minimum absolute atomic E-state index is 0.0323. The Kier molecular flexibility index (Phi) is 3.14. The van der Waals surface area contributed by atoms with E-state index in [0.717, 1.165) is 11.5 Å². The van der Waals surface area contributed by atoms with Gasteiger partial charge >= 0.3 is 0 Å². The number of amides is 1. The van der Waals surface area contributed by atoms with Gasteiger partial charge in [0.15, 0.2) is 0 Å². The fourth-order valence-electron chi connectivity index (χ4n) is 1.61. The van der Waals surface area contributed by atoms with Gasteiger partial charge in [0.25, 0.3) is 5.91 Å². The molecule has 0 atom stereocenters. The fraction of sp³-hybridized carbons (Fsp3) is 0.154. The molecule has 88 valence electrons. The molecule has 0 aliphatic heterocycles. The van der Waals surface area contributed by atoms with E-state index in [-0.39, 0.29) is 5.91 Å². The first-order chi connectivity index (χ1) is 8.22. The van der Waals surface area contributed by atoms with Crippen molar-refractivity contribution in [1.29, 1.82) is 0 Å². The van der Waals surface area contributed by atoms with E-state index in [1.165, 1.54) is 0 Å². The van der Waals surface area contributed by atoms with Crippen molar-refractivity contribution in [2.24, 2.45) is 0 Å². The summed E-state index contributed by atoms with van der Waals surface area (Å²) in [6.07, 6.45) is 1.79. The van der Waals surface area contributed by atoms with Gasteiger partial charge in [0.05, 0.1) is 0 Å². The molecule has 0 fully saturated rings. The van der Waals surface area contributed by atoms with Gasteiger partial charge in [0.1, 0.15) is 5.82 Å². The lowest BCUT2D eigenvalue weighted by molar-refractivity contribution is 0.0992. The number of nitrogens with zero attached hydrogens (tertiary/aromatic N) is 1. The highest BCUT2D eigenvalue weighted by molar-refractivity contribution is 6.05. The van der Waals surface area contributed by atoms with E-state index in [9.17, 15) is 4.79 Å². The molecule has 0 aliphatic rings. The van der Waals surface area contributed by atoms with Crippen molar-refractivity contribution in [2.45, 2.75) is 0 Å². The number of nitrogens with one attached hydrogen (secondary N) is 2. The minimum Gasteiger partial charge on any atom is -0.388 e. The van der Waals surface area contributed by atoms with Crippen LogP contribution in [0.1, 0.15) is 10.4 Å². The predicted octanol–water partition coefficient (Wildman–Crippen LogP) is 2.33. The molecule has 0 saturated carbocycles. The Hall–Kier alpha value is -2.23. The maximum Gasteiger partial charge on any atom is 0.259 e. The molecule has 4 heteroatoms. The number of hydrogen-bond acceptors (Lipinski definition) is 2. The van der Waals surface area contributed by atoms with Crippen molar-refractivity contribution in [3.8, 4) is 0 Å². The van der Waals surface area contributed by atoms with Crippen LogP contribution in [-0.4, -0.2) is 25.0 Å².